The molecule has 2 atom stereocenters. The van der Waals surface area contributed by atoms with Crippen LogP contribution in [0.3, 0.4) is 0 Å². The van der Waals surface area contributed by atoms with Crippen LogP contribution in [0.25, 0.3) is 0 Å². The summed E-state index contributed by atoms with van der Waals surface area (Å²) in [5.74, 6) is 0.904. The van der Waals surface area contributed by atoms with Gasteiger partial charge in [0.2, 0.25) is 5.91 Å². The molecule has 23 heavy (non-hydrogen) atoms. The number of hydrogen-bond donors (Lipinski definition) is 1. The first-order valence-corrected chi connectivity index (χ1v) is 8.69. The number of anilines is 1. The highest BCUT2D eigenvalue weighted by Crippen LogP contribution is 2.41. The van der Waals surface area contributed by atoms with Gasteiger partial charge in [-0.25, -0.2) is 0 Å². The van der Waals surface area contributed by atoms with Crippen molar-refractivity contribution in [2.45, 2.75) is 70.9 Å². The summed E-state index contributed by atoms with van der Waals surface area (Å²) >= 11 is 0. The summed E-state index contributed by atoms with van der Waals surface area (Å²) in [5, 5.41) is 12.8. The van der Waals surface area contributed by atoms with Gasteiger partial charge in [0.25, 0.3) is 0 Å². The van der Waals surface area contributed by atoms with Gasteiger partial charge in [0.1, 0.15) is 0 Å². The second-order valence-corrected chi connectivity index (χ2v) is 6.30. The van der Waals surface area contributed by atoms with Crippen LogP contribution in [0.4, 0.5) is 5.82 Å². The summed E-state index contributed by atoms with van der Waals surface area (Å²) in [6, 6.07) is 2.47. The highest BCUT2D eigenvalue weighted by molar-refractivity contribution is 5.77. The first-order chi connectivity index (χ1) is 11.2. The van der Waals surface area contributed by atoms with Crippen molar-refractivity contribution >= 4 is 17.9 Å². The Balaban J connectivity index is 1.85. The maximum atomic E-state index is 12.4. The molecular formula is C17H25N5O. The molecule has 1 amide bonds. The van der Waals surface area contributed by atoms with Crippen LogP contribution in [0.1, 0.15) is 69.7 Å². The number of amides is 1. The highest BCUT2D eigenvalue weighted by Gasteiger charge is 2.40. The van der Waals surface area contributed by atoms with Gasteiger partial charge in [-0.05, 0) is 31.7 Å². The zero-order valence-electron chi connectivity index (χ0n) is 14.0. The van der Waals surface area contributed by atoms with E-state index in [0.717, 1.165) is 43.4 Å². The molecule has 3 heterocycles. The lowest BCUT2D eigenvalue weighted by atomic mass is 9.82. The molecule has 0 saturated carbocycles. The molecule has 0 aliphatic carbocycles. The molecule has 2 bridgehead atoms. The maximum absolute atomic E-state index is 12.4. The monoisotopic (exact) mass is 315 g/mol. The summed E-state index contributed by atoms with van der Waals surface area (Å²) in [6.07, 6.45) is 8.50. The van der Waals surface area contributed by atoms with Crippen LogP contribution in [0, 0.1) is 0 Å². The fourth-order valence-electron chi connectivity index (χ4n) is 3.61. The second-order valence-electron chi connectivity index (χ2n) is 6.30. The van der Waals surface area contributed by atoms with Crippen molar-refractivity contribution in [3.05, 3.63) is 17.3 Å². The first-order valence-electron chi connectivity index (χ1n) is 8.69. The molecule has 0 aromatic carbocycles. The fraction of sp³-hybridized carbons (Fsp3) is 0.647. The van der Waals surface area contributed by atoms with E-state index in [0.29, 0.717) is 18.3 Å². The molecule has 2 unspecified atom stereocenters. The van der Waals surface area contributed by atoms with Crippen molar-refractivity contribution in [2.75, 3.05) is 5.43 Å². The number of carbonyl (C=O) groups excluding carboxylic acids is 1. The van der Waals surface area contributed by atoms with Crippen LogP contribution < -0.4 is 5.43 Å². The fourth-order valence-corrected chi connectivity index (χ4v) is 3.61. The Labute approximate surface area is 137 Å². The number of unbranched alkanes of at least 4 members (excludes halogenated alkanes) is 1. The highest BCUT2D eigenvalue weighted by atomic mass is 16.2. The molecule has 1 fully saturated rings. The summed E-state index contributed by atoms with van der Waals surface area (Å²) in [4.78, 5) is 14.5. The quantitative estimate of drug-likeness (QED) is 0.669. The van der Waals surface area contributed by atoms with Crippen molar-refractivity contribution in [3.8, 4) is 0 Å². The zero-order chi connectivity index (χ0) is 16.2. The second kappa shape index (κ2) is 7.06. The molecule has 1 N–H and O–H groups in total. The molecule has 3 rings (SSSR count). The smallest absolute Gasteiger partial charge is 0.223 e. The van der Waals surface area contributed by atoms with Crippen molar-refractivity contribution < 1.29 is 4.79 Å². The topological polar surface area (TPSA) is 70.5 Å². The Morgan fingerprint density at radius 3 is 3.09 bits per heavy atom. The number of nitrogens with zero attached hydrogens (tertiary/aromatic N) is 4. The molecular weight excluding hydrogens is 290 g/mol. The van der Waals surface area contributed by atoms with Gasteiger partial charge >= 0.3 is 0 Å². The first kappa shape index (κ1) is 15.9. The summed E-state index contributed by atoms with van der Waals surface area (Å²) in [7, 11) is 0. The molecule has 6 heteroatoms. The number of piperidine rings is 1. The Morgan fingerprint density at radius 2 is 2.30 bits per heavy atom. The van der Waals surface area contributed by atoms with Gasteiger partial charge in [-0.2, -0.15) is 10.2 Å². The minimum Gasteiger partial charge on any atom is -0.332 e. The number of rotatable bonds is 5. The van der Waals surface area contributed by atoms with Gasteiger partial charge in [0.05, 0.1) is 11.7 Å². The van der Waals surface area contributed by atoms with E-state index >= 15 is 0 Å². The van der Waals surface area contributed by atoms with Gasteiger partial charge in [0, 0.05) is 30.7 Å². The lowest BCUT2D eigenvalue weighted by molar-refractivity contribution is -0.139. The predicted molar refractivity (Wildman–Crippen MR) is 90.3 cm³/mol. The van der Waals surface area contributed by atoms with E-state index < -0.39 is 0 Å². The lowest BCUT2D eigenvalue weighted by Crippen LogP contribution is -2.50. The van der Waals surface area contributed by atoms with Crippen LogP contribution >= 0.6 is 0 Å². The molecule has 124 valence electrons. The van der Waals surface area contributed by atoms with E-state index in [1.165, 1.54) is 6.42 Å². The zero-order valence-corrected chi connectivity index (χ0v) is 14.0. The van der Waals surface area contributed by atoms with Crippen molar-refractivity contribution in [3.63, 3.8) is 0 Å². The van der Waals surface area contributed by atoms with Crippen LogP contribution in [-0.4, -0.2) is 33.3 Å². The van der Waals surface area contributed by atoms with E-state index in [1.54, 1.807) is 0 Å². The SMILES string of the molecule is CCCC=NNc1cc2c(nn1)CC1CCCC2N1C(=O)CC. The van der Waals surface area contributed by atoms with Crippen LogP contribution in [0.15, 0.2) is 11.2 Å². The molecule has 0 spiro atoms. The van der Waals surface area contributed by atoms with E-state index in [4.69, 9.17) is 0 Å². The van der Waals surface area contributed by atoms with E-state index in [9.17, 15) is 4.79 Å². The summed E-state index contributed by atoms with van der Waals surface area (Å²) in [5.41, 5.74) is 5.14. The van der Waals surface area contributed by atoms with Crippen molar-refractivity contribution in [1.82, 2.24) is 15.1 Å². The van der Waals surface area contributed by atoms with Crippen LogP contribution in [-0.2, 0) is 11.2 Å². The average Bonchev–Trinajstić information content (AvgIpc) is 2.58. The molecule has 1 aromatic rings. The maximum Gasteiger partial charge on any atom is 0.223 e. The van der Waals surface area contributed by atoms with Crippen LogP contribution in [0.5, 0.6) is 0 Å². The van der Waals surface area contributed by atoms with E-state index in [2.05, 4.69) is 32.5 Å². The molecule has 6 nitrogen and oxygen atoms in total. The number of hydrogen-bond acceptors (Lipinski definition) is 5. The standard InChI is InChI=1S/C17H25N5O/c1-3-5-9-18-20-16-11-13-14(19-21-16)10-12-7-6-8-15(13)22(12)17(23)4-2/h9,11-12,15H,3-8,10H2,1-2H3,(H,20,21). The molecule has 2 aliphatic heterocycles. The normalized spacial score (nSPS) is 23.0. The Bertz CT molecular complexity index is 601. The minimum atomic E-state index is 0.153. The van der Waals surface area contributed by atoms with Gasteiger partial charge < -0.3 is 4.90 Å². The van der Waals surface area contributed by atoms with Gasteiger partial charge in [-0.15, -0.1) is 5.10 Å². The number of fused-ring (bicyclic) bond motifs is 4. The summed E-state index contributed by atoms with van der Waals surface area (Å²) < 4.78 is 0. The van der Waals surface area contributed by atoms with Crippen molar-refractivity contribution in [2.24, 2.45) is 5.10 Å². The number of nitrogens with one attached hydrogen (secondary N) is 1. The minimum absolute atomic E-state index is 0.153. The number of aromatic nitrogens is 2. The number of hydrazone groups is 1. The third kappa shape index (κ3) is 3.21. The lowest BCUT2D eigenvalue weighted by Gasteiger charge is -2.46. The Morgan fingerprint density at radius 1 is 1.43 bits per heavy atom. The van der Waals surface area contributed by atoms with Crippen molar-refractivity contribution in [1.29, 1.82) is 0 Å². The molecule has 0 radical (unpaired) electrons. The molecule has 1 saturated heterocycles. The predicted octanol–water partition coefficient (Wildman–Crippen LogP) is 3.06. The van der Waals surface area contributed by atoms with Gasteiger partial charge in [-0.1, -0.05) is 20.3 Å². The third-order valence-electron chi connectivity index (χ3n) is 4.71. The Hall–Kier alpha value is -1.98. The van der Waals surface area contributed by atoms with E-state index in [1.807, 2.05) is 19.2 Å². The summed E-state index contributed by atoms with van der Waals surface area (Å²) in [6.45, 7) is 4.05. The Kier molecular flexibility index (Phi) is 4.88. The van der Waals surface area contributed by atoms with Gasteiger partial charge in [0.15, 0.2) is 5.82 Å². The van der Waals surface area contributed by atoms with Crippen LogP contribution in [0.2, 0.25) is 0 Å². The van der Waals surface area contributed by atoms with E-state index in [-0.39, 0.29) is 11.9 Å². The molecule has 1 aromatic heterocycles. The average molecular weight is 315 g/mol. The number of carbonyl (C=O) groups is 1. The third-order valence-corrected chi connectivity index (χ3v) is 4.71. The molecule has 2 aliphatic rings. The van der Waals surface area contributed by atoms with Gasteiger partial charge in [-0.3, -0.25) is 10.2 Å². The largest absolute Gasteiger partial charge is 0.332 e.